The van der Waals surface area contributed by atoms with Crippen LogP contribution in [0.1, 0.15) is 63.1 Å². The third kappa shape index (κ3) is 2.95. The monoisotopic (exact) mass is 245 g/mol. The molecule has 18 heavy (non-hydrogen) atoms. The minimum Gasteiger partial charge on any atom is -0.309 e. The van der Waals surface area contributed by atoms with Crippen LogP contribution in [-0.4, -0.2) is 6.54 Å². The van der Waals surface area contributed by atoms with Gasteiger partial charge in [0.2, 0.25) is 0 Å². The van der Waals surface area contributed by atoms with Crippen molar-refractivity contribution >= 4 is 0 Å². The number of hydrogen-bond donors (Lipinski definition) is 1. The minimum atomic E-state index is 0.447. The molecule has 1 aromatic rings. The second-order valence-electron chi connectivity index (χ2n) is 6.16. The molecule has 1 aliphatic carbocycles. The van der Waals surface area contributed by atoms with Crippen LogP contribution in [0, 0.1) is 12.3 Å². The standard InChI is InChI=1S/C17H27N/c1-4-12-18-16(17(3)10-5-6-11-17)15-9-7-8-14(2)13-15/h7-9,13,16,18H,4-6,10-12H2,1-3H3. The van der Waals surface area contributed by atoms with Gasteiger partial charge >= 0.3 is 0 Å². The van der Waals surface area contributed by atoms with Gasteiger partial charge < -0.3 is 5.32 Å². The van der Waals surface area contributed by atoms with E-state index in [1.165, 1.54) is 43.2 Å². The summed E-state index contributed by atoms with van der Waals surface area (Å²) in [5.74, 6) is 0. The van der Waals surface area contributed by atoms with Crippen LogP contribution >= 0.6 is 0 Å². The molecule has 1 aromatic carbocycles. The summed E-state index contributed by atoms with van der Waals surface area (Å²) in [4.78, 5) is 0. The molecule has 0 saturated heterocycles. The molecular weight excluding hydrogens is 218 g/mol. The van der Waals surface area contributed by atoms with Crippen LogP contribution in [-0.2, 0) is 0 Å². The summed E-state index contributed by atoms with van der Waals surface area (Å²) < 4.78 is 0. The number of benzene rings is 1. The highest BCUT2D eigenvalue weighted by Crippen LogP contribution is 2.47. The quantitative estimate of drug-likeness (QED) is 0.798. The Hall–Kier alpha value is -0.820. The molecule has 1 saturated carbocycles. The third-order valence-electron chi connectivity index (χ3n) is 4.42. The van der Waals surface area contributed by atoms with Gasteiger partial charge in [0, 0.05) is 6.04 Å². The molecule has 0 aromatic heterocycles. The van der Waals surface area contributed by atoms with Gasteiger partial charge in [-0.25, -0.2) is 0 Å². The van der Waals surface area contributed by atoms with Crippen molar-refractivity contribution in [1.82, 2.24) is 5.32 Å². The van der Waals surface area contributed by atoms with E-state index in [0.717, 1.165) is 6.54 Å². The second-order valence-corrected chi connectivity index (χ2v) is 6.16. The lowest BCUT2D eigenvalue weighted by Crippen LogP contribution is -2.35. The molecule has 100 valence electrons. The van der Waals surface area contributed by atoms with Crippen molar-refractivity contribution in [3.05, 3.63) is 35.4 Å². The van der Waals surface area contributed by atoms with Crippen LogP contribution in [0.15, 0.2) is 24.3 Å². The van der Waals surface area contributed by atoms with Crippen LogP contribution < -0.4 is 5.32 Å². The van der Waals surface area contributed by atoms with Crippen LogP contribution in [0.3, 0.4) is 0 Å². The summed E-state index contributed by atoms with van der Waals surface area (Å²) >= 11 is 0. The van der Waals surface area contributed by atoms with Crippen molar-refractivity contribution in [2.75, 3.05) is 6.54 Å². The Kier molecular flexibility index (Phi) is 4.45. The second kappa shape index (κ2) is 5.88. The van der Waals surface area contributed by atoms with Crippen molar-refractivity contribution in [2.45, 2.75) is 58.9 Å². The average Bonchev–Trinajstić information content (AvgIpc) is 2.77. The molecule has 1 unspecified atom stereocenters. The number of nitrogens with one attached hydrogen (secondary N) is 1. The van der Waals surface area contributed by atoms with E-state index in [1.54, 1.807) is 0 Å². The highest BCUT2D eigenvalue weighted by Gasteiger charge is 2.37. The number of rotatable bonds is 5. The summed E-state index contributed by atoms with van der Waals surface area (Å²) in [5, 5.41) is 3.80. The van der Waals surface area contributed by atoms with E-state index in [1.807, 2.05) is 0 Å². The molecule has 0 aliphatic heterocycles. The SMILES string of the molecule is CCCNC(c1cccc(C)c1)C1(C)CCCC1. The van der Waals surface area contributed by atoms with Gasteiger partial charge in [-0.1, -0.05) is 56.5 Å². The lowest BCUT2D eigenvalue weighted by molar-refractivity contribution is 0.223. The lowest BCUT2D eigenvalue weighted by atomic mass is 9.77. The average molecular weight is 245 g/mol. The zero-order valence-electron chi connectivity index (χ0n) is 12.1. The normalized spacial score (nSPS) is 19.9. The summed E-state index contributed by atoms with van der Waals surface area (Å²) in [6.07, 6.45) is 6.72. The molecule has 1 nitrogen and oxygen atoms in total. The van der Waals surface area contributed by atoms with E-state index in [4.69, 9.17) is 0 Å². The Labute approximate surface area is 112 Å². The highest BCUT2D eigenvalue weighted by atomic mass is 14.9. The molecule has 0 heterocycles. The van der Waals surface area contributed by atoms with Crippen LogP contribution in [0.5, 0.6) is 0 Å². The zero-order chi connectivity index (χ0) is 13.0. The Morgan fingerprint density at radius 1 is 1.28 bits per heavy atom. The Bertz CT molecular complexity index is 377. The molecule has 0 spiro atoms. The van der Waals surface area contributed by atoms with E-state index in [-0.39, 0.29) is 0 Å². The lowest BCUT2D eigenvalue weighted by Gasteiger charge is -2.35. The summed E-state index contributed by atoms with van der Waals surface area (Å²) in [6, 6.07) is 9.57. The molecule has 0 radical (unpaired) electrons. The first-order valence-electron chi connectivity index (χ1n) is 7.46. The Morgan fingerprint density at radius 3 is 2.61 bits per heavy atom. The Morgan fingerprint density at radius 2 is 2.00 bits per heavy atom. The van der Waals surface area contributed by atoms with Crippen molar-refractivity contribution in [3.63, 3.8) is 0 Å². The van der Waals surface area contributed by atoms with Crippen molar-refractivity contribution in [3.8, 4) is 0 Å². The largest absolute Gasteiger partial charge is 0.309 e. The van der Waals surface area contributed by atoms with Gasteiger partial charge in [-0.05, 0) is 43.7 Å². The molecule has 1 atom stereocenters. The van der Waals surface area contributed by atoms with Gasteiger partial charge in [-0.15, -0.1) is 0 Å². The van der Waals surface area contributed by atoms with Gasteiger partial charge in [-0.2, -0.15) is 0 Å². The molecule has 0 bridgehead atoms. The highest BCUT2D eigenvalue weighted by molar-refractivity contribution is 5.27. The minimum absolute atomic E-state index is 0.447. The fourth-order valence-corrected chi connectivity index (χ4v) is 3.38. The van der Waals surface area contributed by atoms with E-state index in [2.05, 4.69) is 50.4 Å². The molecule has 1 fully saturated rings. The zero-order valence-corrected chi connectivity index (χ0v) is 12.1. The molecular formula is C17H27N. The van der Waals surface area contributed by atoms with E-state index in [9.17, 15) is 0 Å². The molecule has 2 rings (SSSR count). The predicted octanol–water partition coefficient (Wildman–Crippen LogP) is 4.62. The van der Waals surface area contributed by atoms with E-state index >= 15 is 0 Å². The maximum atomic E-state index is 3.80. The molecule has 1 N–H and O–H groups in total. The van der Waals surface area contributed by atoms with Crippen LogP contribution in [0.25, 0.3) is 0 Å². The van der Waals surface area contributed by atoms with E-state index in [0.29, 0.717) is 11.5 Å². The maximum absolute atomic E-state index is 3.80. The first kappa shape index (κ1) is 13.6. The first-order chi connectivity index (χ1) is 8.65. The van der Waals surface area contributed by atoms with Gasteiger partial charge in [0.25, 0.3) is 0 Å². The molecule has 1 heteroatoms. The maximum Gasteiger partial charge on any atom is 0.0374 e. The topological polar surface area (TPSA) is 12.0 Å². The van der Waals surface area contributed by atoms with Crippen molar-refractivity contribution in [1.29, 1.82) is 0 Å². The van der Waals surface area contributed by atoms with Crippen molar-refractivity contribution in [2.24, 2.45) is 5.41 Å². The fraction of sp³-hybridized carbons (Fsp3) is 0.647. The first-order valence-corrected chi connectivity index (χ1v) is 7.46. The number of hydrogen-bond acceptors (Lipinski definition) is 1. The van der Waals surface area contributed by atoms with Crippen LogP contribution in [0.4, 0.5) is 0 Å². The fourth-order valence-electron chi connectivity index (χ4n) is 3.38. The number of aryl methyl sites for hydroxylation is 1. The van der Waals surface area contributed by atoms with Crippen LogP contribution in [0.2, 0.25) is 0 Å². The molecule has 0 amide bonds. The third-order valence-corrected chi connectivity index (χ3v) is 4.42. The summed E-state index contributed by atoms with van der Waals surface area (Å²) in [5.41, 5.74) is 3.30. The molecule has 1 aliphatic rings. The van der Waals surface area contributed by atoms with Gasteiger partial charge in [0.15, 0.2) is 0 Å². The smallest absolute Gasteiger partial charge is 0.0374 e. The predicted molar refractivity (Wildman–Crippen MR) is 78.8 cm³/mol. The van der Waals surface area contributed by atoms with Gasteiger partial charge in [0.1, 0.15) is 0 Å². The van der Waals surface area contributed by atoms with Crippen molar-refractivity contribution < 1.29 is 0 Å². The summed E-state index contributed by atoms with van der Waals surface area (Å²) in [6.45, 7) is 8.03. The Balaban J connectivity index is 2.24. The van der Waals surface area contributed by atoms with E-state index < -0.39 is 0 Å². The summed E-state index contributed by atoms with van der Waals surface area (Å²) in [7, 11) is 0. The van der Waals surface area contributed by atoms with Gasteiger partial charge in [-0.3, -0.25) is 0 Å². The van der Waals surface area contributed by atoms with Gasteiger partial charge in [0.05, 0.1) is 0 Å².